The summed E-state index contributed by atoms with van der Waals surface area (Å²) in [5.74, 6) is 0.687. The zero-order valence-corrected chi connectivity index (χ0v) is 10.7. The van der Waals surface area contributed by atoms with Crippen molar-refractivity contribution < 1.29 is 14.9 Å². The molecule has 1 unspecified atom stereocenters. The predicted octanol–water partition coefficient (Wildman–Crippen LogP) is 2.33. The van der Waals surface area contributed by atoms with E-state index in [1.165, 1.54) is 0 Å². The molecule has 0 fully saturated rings. The molecule has 4 heteroatoms. The Morgan fingerprint density at radius 2 is 1.82 bits per heavy atom. The van der Waals surface area contributed by atoms with Crippen molar-refractivity contribution in [2.45, 2.75) is 6.10 Å². The third-order valence-corrected chi connectivity index (χ3v) is 2.92. The molecule has 1 atom stereocenters. The highest BCUT2D eigenvalue weighted by atomic mass is 79.9. The highest BCUT2D eigenvalue weighted by Crippen LogP contribution is 2.24. The van der Waals surface area contributed by atoms with Gasteiger partial charge < -0.3 is 14.9 Å². The van der Waals surface area contributed by atoms with Crippen molar-refractivity contribution in [1.29, 1.82) is 0 Å². The van der Waals surface area contributed by atoms with Crippen LogP contribution in [-0.2, 0) is 0 Å². The van der Waals surface area contributed by atoms with Gasteiger partial charge in [-0.25, -0.2) is 0 Å². The second-order valence-electron chi connectivity index (χ2n) is 3.80. The Bertz CT molecular complexity index is 513. The fourth-order valence-electron chi connectivity index (χ4n) is 1.53. The fraction of sp³-hybridized carbons (Fsp3) is 0.231. The van der Waals surface area contributed by atoms with E-state index in [9.17, 15) is 5.11 Å². The first-order valence-corrected chi connectivity index (χ1v) is 6.09. The fourth-order valence-corrected chi connectivity index (χ4v) is 1.91. The van der Waals surface area contributed by atoms with Gasteiger partial charge in [0, 0.05) is 4.47 Å². The smallest absolute Gasteiger partial charge is 0.120 e. The van der Waals surface area contributed by atoms with Gasteiger partial charge in [-0.05, 0) is 35.0 Å². The zero-order valence-electron chi connectivity index (χ0n) is 9.14. The van der Waals surface area contributed by atoms with E-state index < -0.39 is 6.10 Å². The molecule has 0 heterocycles. The SMILES string of the molecule is OCC(O)COc1ccc2cc(Br)ccc2c1. The van der Waals surface area contributed by atoms with Crippen molar-refractivity contribution in [2.24, 2.45) is 0 Å². The summed E-state index contributed by atoms with van der Waals surface area (Å²) in [6, 6.07) is 11.7. The van der Waals surface area contributed by atoms with Gasteiger partial charge in [0.05, 0.1) is 6.61 Å². The van der Waals surface area contributed by atoms with E-state index >= 15 is 0 Å². The molecular formula is C13H13BrO3. The second kappa shape index (κ2) is 5.49. The quantitative estimate of drug-likeness (QED) is 0.910. The third kappa shape index (κ3) is 3.19. The maximum atomic E-state index is 9.19. The van der Waals surface area contributed by atoms with Crippen molar-refractivity contribution >= 4 is 26.7 Å². The average molecular weight is 297 g/mol. The summed E-state index contributed by atoms with van der Waals surface area (Å²) in [5, 5.41) is 20.1. The molecule has 3 nitrogen and oxygen atoms in total. The largest absolute Gasteiger partial charge is 0.491 e. The van der Waals surface area contributed by atoms with Crippen molar-refractivity contribution in [2.75, 3.05) is 13.2 Å². The highest BCUT2D eigenvalue weighted by molar-refractivity contribution is 9.10. The summed E-state index contributed by atoms with van der Waals surface area (Å²) in [5.41, 5.74) is 0. The Hall–Kier alpha value is -1.10. The lowest BCUT2D eigenvalue weighted by molar-refractivity contribution is 0.0536. The van der Waals surface area contributed by atoms with Crippen LogP contribution < -0.4 is 4.74 Å². The van der Waals surface area contributed by atoms with Crippen LogP contribution in [0, 0.1) is 0 Å². The van der Waals surface area contributed by atoms with Gasteiger partial charge in [-0.15, -0.1) is 0 Å². The number of aliphatic hydroxyl groups excluding tert-OH is 2. The van der Waals surface area contributed by atoms with Gasteiger partial charge in [0.25, 0.3) is 0 Å². The van der Waals surface area contributed by atoms with E-state index in [1.807, 2.05) is 36.4 Å². The average Bonchev–Trinajstić information content (AvgIpc) is 2.35. The molecule has 0 aromatic heterocycles. The lowest BCUT2D eigenvalue weighted by Crippen LogP contribution is -2.21. The molecule has 0 saturated carbocycles. The number of rotatable bonds is 4. The van der Waals surface area contributed by atoms with Gasteiger partial charge in [-0.1, -0.05) is 28.1 Å². The maximum absolute atomic E-state index is 9.19. The summed E-state index contributed by atoms with van der Waals surface area (Å²) in [7, 11) is 0. The van der Waals surface area contributed by atoms with Crippen LogP contribution in [0.1, 0.15) is 0 Å². The lowest BCUT2D eigenvalue weighted by Gasteiger charge is -2.10. The summed E-state index contributed by atoms with van der Waals surface area (Å²) < 4.78 is 6.41. The first kappa shape index (κ1) is 12.4. The number of fused-ring (bicyclic) bond motifs is 1. The van der Waals surface area contributed by atoms with Crippen LogP contribution in [-0.4, -0.2) is 29.5 Å². The van der Waals surface area contributed by atoms with Crippen LogP contribution in [0.5, 0.6) is 5.75 Å². The molecule has 0 spiro atoms. The Morgan fingerprint density at radius 1 is 1.12 bits per heavy atom. The molecule has 90 valence electrons. The van der Waals surface area contributed by atoms with Gasteiger partial charge in [0.15, 0.2) is 0 Å². The molecule has 0 aliphatic heterocycles. The molecule has 2 aromatic carbocycles. The molecular weight excluding hydrogens is 284 g/mol. The maximum Gasteiger partial charge on any atom is 0.120 e. The molecule has 0 bridgehead atoms. The number of hydrogen-bond acceptors (Lipinski definition) is 3. The standard InChI is InChI=1S/C13H13BrO3/c14-11-3-1-10-6-13(4-2-9(10)5-11)17-8-12(16)7-15/h1-6,12,15-16H,7-8H2. The number of ether oxygens (including phenoxy) is 1. The molecule has 0 saturated heterocycles. The first-order chi connectivity index (χ1) is 8.19. The van der Waals surface area contributed by atoms with Crippen molar-refractivity contribution in [1.82, 2.24) is 0 Å². The second-order valence-corrected chi connectivity index (χ2v) is 4.72. The minimum absolute atomic E-state index is 0.0958. The Labute approximate surface area is 108 Å². The van der Waals surface area contributed by atoms with Crippen LogP contribution in [0.4, 0.5) is 0 Å². The van der Waals surface area contributed by atoms with Crippen LogP contribution in [0.15, 0.2) is 40.9 Å². The van der Waals surface area contributed by atoms with Gasteiger partial charge in [-0.3, -0.25) is 0 Å². The normalized spacial score (nSPS) is 12.6. The van der Waals surface area contributed by atoms with Crippen molar-refractivity contribution in [3.8, 4) is 5.75 Å². The number of benzene rings is 2. The minimum Gasteiger partial charge on any atom is -0.491 e. The van der Waals surface area contributed by atoms with Gasteiger partial charge in [-0.2, -0.15) is 0 Å². The summed E-state index contributed by atoms with van der Waals surface area (Å²) in [6.45, 7) is -0.195. The minimum atomic E-state index is -0.837. The van der Waals surface area contributed by atoms with E-state index in [1.54, 1.807) is 0 Å². The van der Waals surface area contributed by atoms with Crippen LogP contribution >= 0.6 is 15.9 Å². The number of aliphatic hydroxyl groups is 2. The molecule has 2 aromatic rings. The van der Waals surface area contributed by atoms with Gasteiger partial charge >= 0.3 is 0 Å². The molecule has 0 aliphatic rings. The highest BCUT2D eigenvalue weighted by Gasteiger charge is 2.03. The van der Waals surface area contributed by atoms with Crippen LogP contribution in [0.3, 0.4) is 0 Å². The van der Waals surface area contributed by atoms with E-state index in [0.717, 1.165) is 15.2 Å². The number of halogens is 1. The first-order valence-electron chi connectivity index (χ1n) is 5.30. The summed E-state index contributed by atoms with van der Waals surface area (Å²) in [4.78, 5) is 0. The van der Waals surface area contributed by atoms with Gasteiger partial charge in [0.2, 0.25) is 0 Å². The summed E-state index contributed by atoms with van der Waals surface area (Å²) in [6.07, 6.45) is -0.837. The van der Waals surface area contributed by atoms with E-state index in [-0.39, 0.29) is 13.2 Å². The number of hydrogen-bond donors (Lipinski definition) is 2. The molecule has 2 N–H and O–H groups in total. The topological polar surface area (TPSA) is 49.7 Å². The van der Waals surface area contributed by atoms with Crippen molar-refractivity contribution in [3.63, 3.8) is 0 Å². The van der Waals surface area contributed by atoms with Crippen LogP contribution in [0.25, 0.3) is 10.8 Å². The monoisotopic (exact) mass is 296 g/mol. The van der Waals surface area contributed by atoms with E-state index in [2.05, 4.69) is 15.9 Å². The molecule has 0 aliphatic carbocycles. The molecule has 0 radical (unpaired) electrons. The molecule has 2 rings (SSSR count). The Balaban J connectivity index is 2.17. The van der Waals surface area contributed by atoms with E-state index in [0.29, 0.717) is 5.75 Å². The van der Waals surface area contributed by atoms with Crippen molar-refractivity contribution in [3.05, 3.63) is 40.9 Å². The molecule has 0 amide bonds. The zero-order chi connectivity index (χ0) is 12.3. The Kier molecular flexibility index (Phi) is 3.99. The summed E-state index contributed by atoms with van der Waals surface area (Å²) >= 11 is 3.42. The third-order valence-electron chi connectivity index (χ3n) is 2.43. The molecule has 17 heavy (non-hydrogen) atoms. The van der Waals surface area contributed by atoms with Crippen LogP contribution in [0.2, 0.25) is 0 Å². The van der Waals surface area contributed by atoms with Gasteiger partial charge in [0.1, 0.15) is 18.5 Å². The lowest BCUT2D eigenvalue weighted by atomic mass is 10.1. The van der Waals surface area contributed by atoms with E-state index in [4.69, 9.17) is 9.84 Å². The Morgan fingerprint density at radius 3 is 2.59 bits per heavy atom. The predicted molar refractivity (Wildman–Crippen MR) is 70.2 cm³/mol.